The number of nitrogens with one attached hydrogen (secondary N) is 1. The fourth-order valence-corrected chi connectivity index (χ4v) is 2.35. The molecule has 1 amide bonds. The van der Waals surface area contributed by atoms with Crippen molar-refractivity contribution in [2.75, 3.05) is 18.6 Å². The molecule has 112 valence electrons. The SMILES string of the molecule is CCC(CCN)CCC(=O)N[C@@H](CCSC)C(=O)O. The van der Waals surface area contributed by atoms with Gasteiger partial charge in [0.25, 0.3) is 0 Å². The number of hydrogen-bond donors (Lipinski definition) is 3. The molecule has 0 aromatic rings. The number of rotatable bonds is 11. The van der Waals surface area contributed by atoms with Gasteiger partial charge in [-0.15, -0.1) is 0 Å². The van der Waals surface area contributed by atoms with Crippen LogP contribution in [0.4, 0.5) is 0 Å². The lowest BCUT2D eigenvalue weighted by Gasteiger charge is -2.16. The summed E-state index contributed by atoms with van der Waals surface area (Å²) < 4.78 is 0. The van der Waals surface area contributed by atoms with Gasteiger partial charge in [-0.25, -0.2) is 4.79 Å². The average Bonchev–Trinajstić information content (AvgIpc) is 2.38. The van der Waals surface area contributed by atoms with Crippen LogP contribution in [0.2, 0.25) is 0 Å². The van der Waals surface area contributed by atoms with Crippen molar-refractivity contribution in [1.29, 1.82) is 0 Å². The second kappa shape index (κ2) is 11.1. The molecule has 0 fully saturated rings. The van der Waals surface area contributed by atoms with E-state index in [-0.39, 0.29) is 5.91 Å². The summed E-state index contributed by atoms with van der Waals surface area (Å²) in [6, 6.07) is -0.769. The van der Waals surface area contributed by atoms with Crippen LogP contribution in [0, 0.1) is 5.92 Å². The Hall–Kier alpha value is -0.750. The van der Waals surface area contributed by atoms with E-state index in [4.69, 9.17) is 10.8 Å². The zero-order valence-electron chi connectivity index (χ0n) is 11.9. The molecule has 1 unspecified atom stereocenters. The van der Waals surface area contributed by atoms with Crippen molar-refractivity contribution in [2.45, 2.75) is 45.1 Å². The van der Waals surface area contributed by atoms with Crippen molar-refractivity contribution < 1.29 is 14.7 Å². The Morgan fingerprint density at radius 2 is 2.00 bits per heavy atom. The summed E-state index contributed by atoms with van der Waals surface area (Å²) in [6.45, 7) is 2.71. The van der Waals surface area contributed by atoms with Gasteiger partial charge in [-0.1, -0.05) is 13.3 Å². The van der Waals surface area contributed by atoms with Crippen LogP contribution in [-0.4, -0.2) is 41.6 Å². The van der Waals surface area contributed by atoms with Crippen LogP contribution in [0.3, 0.4) is 0 Å². The van der Waals surface area contributed by atoms with E-state index in [2.05, 4.69) is 12.2 Å². The highest BCUT2D eigenvalue weighted by Crippen LogP contribution is 2.14. The number of hydrogen-bond acceptors (Lipinski definition) is 4. The predicted octanol–water partition coefficient (Wildman–Crippen LogP) is 1.46. The summed E-state index contributed by atoms with van der Waals surface area (Å²) in [4.78, 5) is 22.7. The fourth-order valence-electron chi connectivity index (χ4n) is 1.88. The van der Waals surface area contributed by atoms with E-state index < -0.39 is 12.0 Å². The Labute approximate surface area is 119 Å². The lowest BCUT2D eigenvalue weighted by Crippen LogP contribution is -2.41. The molecule has 0 aliphatic rings. The molecule has 0 aliphatic carbocycles. The Balaban J connectivity index is 4.07. The van der Waals surface area contributed by atoms with Gasteiger partial charge >= 0.3 is 5.97 Å². The highest BCUT2D eigenvalue weighted by Gasteiger charge is 2.19. The summed E-state index contributed by atoms with van der Waals surface area (Å²) in [5.41, 5.74) is 5.51. The standard InChI is InChI=1S/C13H26N2O3S/c1-3-10(6-8-14)4-5-12(16)15-11(13(17)18)7-9-19-2/h10-11H,3-9,14H2,1-2H3,(H,15,16)(H,17,18)/t10?,11-/m0/s1. The highest BCUT2D eigenvalue weighted by atomic mass is 32.2. The first-order valence-electron chi connectivity index (χ1n) is 6.76. The molecule has 4 N–H and O–H groups in total. The summed E-state index contributed by atoms with van der Waals surface area (Å²) in [6.07, 6.45) is 5.44. The summed E-state index contributed by atoms with van der Waals surface area (Å²) in [7, 11) is 0. The Morgan fingerprint density at radius 1 is 1.32 bits per heavy atom. The zero-order chi connectivity index (χ0) is 14.7. The van der Waals surface area contributed by atoms with Gasteiger partial charge in [-0.05, 0) is 43.7 Å². The van der Waals surface area contributed by atoms with Crippen LogP contribution >= 0.6 is 11.8 Å². The minimum Gasteiger partial charge on any atom is -0.480 e. The van der Waals surface area contributed by atoms with Gasteiger partial charge in [0, 0.05) is 6.42 Å². The second-order valence-electron chi connectivity index (χ2n) is 4.63. The Bertz CT molecular complexity index is 275. The monoisotopic (exact) mass is 290 g/mol. The number of nitrogens with two attached hydrogens (primary N) is 1. The van der Waals surface area contributed by atoms with Gasteiger partial charge in [-0.3, -0.25) is 4.79 Å². The van der Waals surface area contributed by atoms with Crippen molar-refractivity contribution in [2.24, 2.45) is 11.7 Å². The van der Waals surface area contributed by atoms with Crippen molar-refractivity contribution in [3.8, 4) is 0 Å². The highest BCUT2D eigenvalue weighted by molar-refractivity contribution is 7.98. The van der Waals surface area contributed by atoms with Crippen LogP contribution in [-0.2, 0) is 9.59 Å². The number of amides is 1. The van der Waals surface area contributed by atoms with E-state index in [0.717, 1.165) is 25.0 Å². The smallest absolute Gasteiger partial charge is 0.326 e. The number of thioether (sulfide) groups is 1. The van der Waals surface area contributed by atoms with E-state index in [1.807, 2.05) is 6.26 Å². The average molecular weight is 290 g/mol. The molecule has 6 heteroatoms. The van der Waals surface area contributed by atoms with E-state index in [0.29, 0.717) is 25.3 Å². The van der Waals surface area contributed by atoms with Crippen LogP contribution in [0.5, 0.6) is 0 Å². The maximum atomic E-state index is 11.7. The molecule has 0 saturated heterocycles. The van der Waals surface area contributed by atoms with E-state index in [9.17, 15) is 9.59 Å². The van der Waals surface area contributed by atoms with Crippen molar-refractivity contribution in [3.05, 3.63) is 0 Å². The van der Waals surface area contributed by atoms with Crippen LogP contribution in [0.25, 0.3) is 0 Å². The zero-order valence-corrected chi connectivity index (χ0v) is 12.7. The fraction of sp³-hybridized carbons (Fsp3) is 0.846. The van der Waals surface area contributed by atoms with Gasteiger partial charge in [0.15, 0.2) is 0 Å². The first-order chi connectivity index (χ1) is 9.04. The van der Waals surface area contributed by atoms with Gasteiger partial charge in [0.05, 0.1) is 0 Å². The number of carbonyl (C=O) groups excluding carboxylic acids is 1. The molecule has 0 aromatic carbocycles. The molecule has 0 aliphatic heterocycles. The maximum absolute atomic E-state index is 11.7. The topological polar surface area (TPSA) is 92.4 Å². The molecule has 0 bridgehead atoms. The molecule has 0 aromatic heterocycles. The van der Waals surface area contributed by atoms with Gasteiger partial charge < -0.3 is 16.2 Å². The van der Waals surface area contributed by atoms with Crippen molar-refractivity contribution in [3.63, 3.8) is 0 Å². The van der Waals surface area contributed by atoms with Crippen LogP contribution in [0.15, 0.2) is 0 Å². The second-order valence-corrected chi connectivity index (χ2v) is 5.62. The van der Waals surface area contributed by atoms with Crippen LogP contribution in [0.1, 0.15) is 39.0 Å². The van der Waals surface area contributed by atoms with Crippen molar-refractivity contribution in [1.82, 2.24) is 5.32 Å². The molecule has 0 heterocycles. The summed E-state index contributed by atoms with van der Waals surface area (Å²) in [5, 5.41) is 11.6. The lowest BCUT2D eigenvalue weighted by molar-refractivity contribution is -0.141. The van der Waals surface area contributed by atoms with E-state index in [1.54, 1.807) is 11.8 Å². The first kappa shape index (κ1) is 18.2. The Kier molecular flexibility index (Phi) is 10.7. The van der Waals surface area contributed by atoms with E-state index in [1.165, 1.54) is 0 Å². The molecule has 0 spiro atoms. The third kappa shape index (κ3) is 8.88. The normalized spacial score (nSPS) is 13.8. The predicted molar refractivity (Wildman–Crippen MR) is 79.3 cm³/mol. The van der Waals surface area contributed by atoms with Crippen LogP contribution < -0.4 is 11.1 Å². The van der Waals surface area contributed by atoms with E-state index >= 15 is 0 Å². The number of carboxylic acids is 1. The largest absolute Gasteiger partial charge is 0.480 e. The number of aliphatic carboxylic acids is 1. The molecule has 5 nitrogen and oxygen atoms in total. The summed E-state index contributed by atoms with van der Waals surface area (Å²) in [5.74, 6) is 0.0350. The lowest BCUT2D eigenvalue weighted by atomic mass is 9.96. The molecule has 19 heavy (non-hydrogen) atoms. The molecular formula is C13H26N2O3S. The number of carboxylic acid groups (broad SMARTS) is 1. The third-order valence-corrected chi connectivity index (χ3v) is 3.82. The van der Waals surface area contributed by atoms with Gasteiger partial charge in [0.2, 0.25) is 5.91 Å². The third-order valence-electron chi connectivity index (χ3n) is 3.18. The molecule has 0 saturated carbocycles. The van der Waals surface area contributed by atoms with Crippen molar-refractivity contribution >= 4 is 23.6 Å². The minimum absolute atomic E-state index is 0.177. The summed E-state index contributed by atoms with van der Waals surface area (Å²) >= 11 is 1.57. The molecule has 2 atom stereocenters. The molecule has 0 rings (SSSR count). The Morgan fingerprint density at radius 3 is 2.47 bits per heavy atom. The quantitative estimate of drug-likeness (QED) is 0.536. The first-order valence-corrected chi connectivity index (χ1v) is 8.15. The van der Waals surface area contributed by atoms with Gasteiger partial charge in [-0.2, -0.15) is 11.8 Å². The maximum Gasteiger partial charge on any atom is 0.326 e. The van der Waals surface area contributed by atoms with Gasteiger partial charge in [0.1, 0.15) is 6.04 Å². The molecular weight excluding hydrogens is 264 g/mol. The molecule has 0 radical (unpaired) electrons. The number of carbonyl (C=O) groups is 2. The minimum atomic E-state index is -0.962.